The molecule has 1 aromatic rings. The number of hydrogen-bond acceptors (Lipinski definition) is 0. The van der Waals surface area contributed by atoms with E-state index in [0.717, 1.165) is 19.3 Å². The molecule has 1 aromatic carbocycles. The fourth-order valence-corrected chi connectivity index (χ4v) is 1.42. The van der Waals surface area contributed by atoms with Crippen LogP contribution in [0.25, 0.3) is 0 Å². The maximum atomic E-state index is 3.15. The summed E-state index contributed by atoms with van der Waals surface area (Å²) in [5.74, 6) is 6.30. The average Bonchev–Trinajstić information content (AvgIpc) is 2.28. The monoisotopic (exact) mass is 142 g/mol. The predicted octanol–water partition coefficient (Wildman–Crippen LogP) is 2.18. The summed E-state index contributed by atoms with van der Waals surface area (Å²) in [7, 11) is 0. The van der Waals surface area contributed by atoms with E-state index >= 15 is 0 Å². The van der Waals surface area contributed by atoms with Crippen LogP contribution < -0.4 is 0 Å². The second kappa shape index (κ2) is 2.80. The molecule has 1 aliphatic carbocycles. The smallest absolute Gasteiger partial charge is 0.0343 e. The first kappa shape index (κ1) is 6.49. The van der Waals surface area contributed by atoms with Crippen LogP contribution in [0.3, 0.4) is 0 Å². The lowest BCUT2D eigenvalue weighted by Crippen LogP contribution is -1.89. The van der Waals surface area contributed by atoms with Crippen molar-refractivity contribution in [1.29, 1.82) is 0 Å². The molecular weight excluding hydrogens is 132 g/mol. The topological polar surface area (TPSA) is 0 Å². The zero-order chi connectivity index (χ0) is 7.52. The summed E-state index contributed by atoms with van der Waals surface area (Å²) in [6.45, 7) is 0. The van der Waals surface area contributed by atoms with Crippen molar-refractivity contribution in [2.24, 2.45) is 0 Å². The lowest BCUT2D eigenvalue weighted by atomic mass is 10.0. The third-order valence-electron chi connectivity index (χ3n) is 2.04. The molecule has 0 saturated heterocycles. The van der Waals surface area contributed by atoms with Crippen molar-refractivity contribution in [3.8, 4) is 11.8 Å². The van der Waals surface area contributed by atoms with Crippen molar-refractivity contribution in [1.82, 2.24) is 0 Å². The Balaban J connectivity index is 2.42. The highest BCUT2D eigenvalue weighted by Gasteiger charge is 2.00. The second-order valence-corrected chi connectivity index (χ2v) is 2.80. The van der Waals surface area contributed by atoms with E-state index in [1.54, 1.807) is 0 Å². The molecule has 11 heavy (non-hydrogen) atoms. The number of hydrogen-bond donors (Lipinski definition) is 0. The molecule has 0 amide bonds. The number of aryl methyl sites for hydroxylation is 1. The van der Waals surface area contributed by atoms with E-state index in [4.69, 9.17) is 0 Å². The van der Waals surface area contributed by atoms with Gasteiger partial charge in [0, 0.05) is 12.8 Å². The van der Waals surface area contributed by atoms with Gasteiger partial charge in [0.1, 0.15) is 0 Å². The van der Waals surface area contributed by atoms with Crippen molar-refractivity contribution in [3.05, 3.63) is 35.4 Å². The molecule has 0 spiro atoms. The van der Waals surface area contributed by atoms with Gasteiger partial charge in [-0.2, -0.15) is 0 Å². The highest BCUT2D eigenvalue weighted by molar-refractivity contribution is 5.33. The normalized spacial score (nSPS) is 14.2. The van der Waals surface area contributed by atoms with Crippen LogP contribution in [-0.2, 0) is 12.8 Å². The van der Waals surface area contributed by atoms with Gasteiger partial charge >= 0.3 is 0 Å². The van der Waals surface area contributed by atoms with Gasteiger partial charge < -0.3 is 0 Å². The summed E-state index contributed by atoms with van der Waals surface area (Å²) in [6, 6.07) is 8.56. The highest BCUT2D eigenvalue weighted by Crippen LogP contribution is 2.12. The quantitative estimate of drug-likeness (QED) is 0.487. The maximum absolute atomic E-state index is 3.15. The van der Waals surface area contributed by atoms with Crippen molar-refractivity contribution in [2.75, 3.05) is 0 Å². The van der Waals surface area contributed by atoms with E-state index in [0.29, 0.717) is 0 Å². The molecule has 1 aliphatic rings. The molecular formula is C11H10. The molecule has 0 aliphatic heterocycles. The van der Waals surface area contributed by atoms with Gasteiger partial charge in [-0.05, 0) is 17.5 Å². The highest BCUT2D eigenvalue weighted by atomic mass is 14.0. The Morgan fingerprint density at radius 3 is 2.73 bits per heavy atom. The molecule has 0 heteroatoms. The summed E-state index contributed by atoms with van der Waals surface area (Å²) in [4.78, 5) is 0. The van der Waals surface area contributed by atoms with Crippen molar-refractivity contribution in [2.45, 2.75) is 19.3 Å². The molecule has 0 atom stereocenters. The van der Waals surface area contributed by atoms with Gasteiger partial charge in [-0.3, -0.25) is 0 Å². The van der Waals surface area contributed by atoms with Crippen LogP contribution >= 0.6 is 0 Å². The molecule has 0 heterocycles. The molecule has 0 fully saturated rings. The minimum atomic E-state index is 0.941. The summed E-state index contributed by atoms with van der Waals surface area (Å²) in [5, 5.41) is 0. The Morgan fingerprint density at radius 1 is 1.00 bits per heavy atom. The third kappa shape index (κ3) is 1.28. The molecule has 2 rings (SSSR count). The van der Waals surface area contributed by atoms with Crippen LogP contribution in [0.4, 0.5) is 0 Å². The largest absolute Gasteiger partial charge is 0.103 e. The fourth-order valence-electron chi connectivity index (χ4n) is 1.42. The molecule has 0 radical (unpaired) electrons. The van der Waals surface area contributed by atoms with E-state index in [9.17, 15) is 0 Å². The van der Waals surface area contributed by atoms with Crippen LogP contribution in [0.2, 0.25) is 0 Å². The lowest BCUT2D eigenvalue weighted by Gasteiger charge is -2.01. The Bertz CT molecular complexity index is 312. The fraction of sp³-hybridized carbons (Fsp3) is 0.273. The molecule has 0 unspecified atom stereocenters. The molecule has 0 aromatic heterocycles. The van der Waals surface area contributed by atoms with E-state index < -0.39 is 0 Å². The number of rotatable bonds is 0. The zero-order valence-electron chi connectivity index (χ0n) is 6.43. The Morgan fingerprint density at radius 2 is 1.82 bits per heavy atom. The number of fused-ring (bicyclic) bond motifs is 1. The first-order chi connectivity index (χ1) is 5.47. The van der Waals surface area contributed by atoms with Crippen LogP contribution in [-0.4, -0.2) is 0 Å². The van der Waals surface area contributed by atoms with Crippen LogP contribution in [0, 0.1) is 11.8 Å². The molecule has 0 bridgehead atoms. The summed E-state index contributed by atoms with van der Waals surface area (Å²) in [5.41, 5.74) is 2.88. The second-order valence-electron chi connectivity index (χ2n) is 2.80. The lowest BCUT2D eigenvalue weighted by molar-refractivity contribution is 1.02. The Hall–Kier alpha value is -1.22. The van der Waals surface area contributed by atoms with Gasteiger partial charge in [-0.1, -0.05) is 30.2 Å². The van der Waals surface area contributed by atoms with Gasteiger partial charge in [0.25, 0.3) is 0 Å². The molecule has 0 N–H and O–H groups in total. The first-order valence-corrected chi connectivity index (χ1v) is 3.99. The molecule has 54 valence electrons. The molecule has 0 nitrogen and oxygen atoms in total. The summed E-state index contributed by atoms with van der Waals surface area (Å²) >= 11 is 0. The van der Waals surface area contributed by atoms with Gasteiger partial charge in [-0.25, -0.2) is 0 Å². The van der Waals surface area contributed by atoms with E-state index in [2.05, 4.69) is 36.1 Å². The minimum absolute atomic E-state index is 0.941. The summed E-state index contributed by atoms with van der Waals surface area (Å²) in [6.07, 6.45) is 3.09. The van der Waals surface area contributed by atoms with Crippen LogP contribution in [0.15, 0.2) is 24.3 Å². The van der Waals surface area contributed by atoms with E-state index in [1.807, 2.05) is 0 Å². The SMILES string of the molecule is C1#CCc2ccccc2CC1. The average molecular weight is 142 g/mol. The van der Waals surface area contributed by atoms with E-state index in [-0.39, 0.29) is 0 Å². The van der Waals surface area contributed by atoms with Crippen LogP contribution in [0.5, 0.6) is 0 Å². The first-order valence-electron chi connectivity index (χ1n) is 3.99. The van der Waals surface area contributed by atoms with Gasteiger partial charge in [0.05, 0.1) is 0 Å². The Labute approximate surface area is 67.2 Å². The van der Waals surface area contributed by atoms with Crippen LogP contribution in [0.1, 0.15) is 17.5 Å². The standard InChI is InChI=1S/C11H10/c1-2-6-10-8-4-5-9-11(10)7-3-1/h4-5,8-9H,2,6-7H2. The van der Waals surface area contributed by atoms with Gasteiger partial charge in [0.2, 0.25) is 0 Å². The zero-order valence-corrected chi connectivity index (χ0v) is 6.43. The van der Waals surface area contributed by atoms with E-state index in [1.165, 1.54) is 11.1 Å². The van der Waals surface area contributed by atoms with Crippen molar-refractivity contribution < 1.29 is 0 Å². The Kier molecular flexibility index (Phi) is 1.65. The molecule has 0 saturated carbocycles. The van der Waals surface area contributed by atoms with Gasteiger partial charge in [-0.15, -0.1) is 5.92 Å². The van der Waals surface area contributed by atoms with Crippen molar-refractivity contribution in [3.63, 3.8) is 0 Å². The minimum Gasteiger partial charge on any atom is -0.103 e. The summed E-state index contributed by atoms with van der Waals surface area (Å²) < 4.78 is 0. The van der Waals surface area contributed by atoms with Crippen molar-refractivity contribution >= 4 is 0 Å². The number of benzene rings is 1. The third-order valence-corrected chi connectivity index (χ3v) is 2.04. The van der Waals surface area contributed by atoms with Gasteiger partial charge in [0.15, 0.2) is 0 Å². The predicted molar refractivity (Wildman–Crippen MR) is 46.2 cm³/mol. The maximum Gasteiger partial charge on any atom is 0.0343 e.